The molecule has 0 saturated carbocycles. The van der Waals surface area contributed by atoms with Crippen molar-refractivity contribution in [3.8, 4) is 6.07 Å². The number of primary amides is 1. The van der Waals surface area contributed by atoms with Gasteiger partial charge in [0.05, 0.1) is 12.5 Å². The molecule has 84 valence electrons. The molecule has 1 amide bonds. The Morgan fingerprint density at radius 1 is 1.50 bits per heavy atom. The van der Waals surface area contributed by atoms with Crippen LogP contribution in [-0.4, -0.2) is 18.5 Å². The SMILES string of the molecule is CC(C(N)=O)N(CCC#N)c1ccccc1. The van der Waals surface area contributed by atoms with Crippen molar-refractivity contribution in [3.63, 3.8) is 0 Å². The van der Waals surface area contributed by atoms with Crippen LogP contribution in [0.1, 0.15) is 13.3 Å². The molecule has 4 heteroatoms. The van der Waals surface area contributed by atoms with Gasteiger partial charge in [-0.25, -0.2) is 0 Å². The summed E-state index contributed by atoms with van der Waals surface area (Å²) in [6.07, 6.45) is 0.368. The Labute approximate surface area is 95.3 Å². The largest absolute Gasteiger partial charge is 0.368 e. The smallest absolute Gasteiger partial charge is 0.239 e. The van der Waals surface area contributed by atoms with E-state index >= 15 is 0 Å². The first-order chi connectivity index (χ1) is 7.66. The van der Waals surface area contributed by atoms with Gasteiger partial charge in [-0.1, -0.05) is 18.2 Å². The molecule has 1 atom stereocenters. The predicted molar refractivity (Wildman–Crippen MR) is 62.7 cm³/mol. The summed E-state index contributed by atoms with van der Waals surface area (Å²) in [5, 5.41) is 8.59. The quantitative estimate of drug-likeness (QED) is 0.807. The van der Waals surface area contributed by atoms with E-state index in [-0.39, 0.29) is 5.91 Å². The lowest BCUT2D eigenvalue weighted by atomic mass is 10.2. The highest BCUT2D eigenvalue weighted by atomic mass is 16.1. The molecule has 0 heterocycles. The molecule has 0 fully saturated rings. The predicted octanol–water partition coefficient (Wildman–Crippen LogP) is 1.28. The number of hydrogen-bond acceptors (Lipinski definition) is 3. The number of rotatable bonds is 5. The second-order valence-electron chi connectivity index (χ2n) is 3.52. The molecule has 0 spiro atoms. The van der Waals surface area contributed by atoms with E-state index in [0.717, 1.165) is 5.69 Å². The average Bonchev–Trinajstić information content (AvgIpc) is 2.30. The van der Waals surface area contributed by atoms with Gasteiger partial charge in [0.25, 0.3) is 0 Å². The van der Waals surface area contributed by atoms with E-state index in [9.17, 15) is 4.79 Å². The van der Waals surface area contributed by atoms with Crippen molar-refractivity contribution in [2.75, 3.05) is 11.4 Å². The zero-order chi connectivity index (χ0) is 12.0. The summed E-state index contributed by atoms with van der Waals surface area (Å²) in [6, 6.07) is 11.1. The van der Waals surface area contributed by atoms with Crippen molar-refractivity contribution in [1.82, 2.24) is 0 Å². The lowest BCUT2D eigenvalue weighted by molar-refractivity contribution is -0.118. The Bertz CT molecular complexity index is 383. The first-order valence-electron chi connectivity index (χ1n) is 5.14. The molecule has 2 N–H and O–H groups in total. The van der Waals surface area contributed by atoms with Gasteiger partial charge in [0.2, 0.25) is 5.91 Å². The highest BCUT2D eigenvalue weighted by molar-refractivity contribution is 5.83. The molecule has 0 saturated heterocycles. The number of amides is 1. The summed E-state index contributed by atoms with van der Waals surface area (Å²) >= 11 is 0. The average molecular weight is 217 g/mol. The van der Waals surface area contributed by atoms with Crippen LogP contribution in [0.25, 0.3) is 0 Å². The minimum absolute atomic E-state index is 0.368. The molecule has 0 aromatic heterocycles. The number of hydrogen-bond donors (Lipinski definition) is 1. The van der Waals surface area contributed by atoms with Gasteiger partial charge in [-0.05, 0) is 19.1 Å². The summed E-state index contributed by atoms with van der Waals surface area (Å²) in [5.74, 6) is -0.387. The molecule has 16 heavy (non-hydrogen) atoms. The first-order valence-corrected chi connectivity index (χ1v) is 5.14. The van der Waals surface area contributed by atoms with E-state index in [2.05, 4.69) is 6.07 Å². The van der Waals surface area contributed by atoms with Crippen LogP contribution in [0.5, 0.6) is 0 Å². The van der Waals surface area contributed by atoms with Crippen molar-refractivity contribution in [3.05, 3.63) is 30.3 Å². The van der Waals surface area contributed by atoms with E-state index in [4.69, 9.17) is 11.0 Å². The maximum Gasteiger partial charge on any atom is 0.239 e. The third-order valence-corrected chi connectivity index (χ3v) is 2.43. The molecule has 0 aliphatic rings. The third kappa shape index (κ3) is 2.99. The van der Waals surface area contributed by atoms with Crippen LogP contribution in [0.15, 0.2) is 30.3 Å². The summed E-state index contributed by atoms with van der Waals surface area (Å²) in [7, 11) is 0. The fourth-order valence-corrected chi connectivity index (χ4v) is 1.49. The summed E-state index contributed by atoms with van der Waals surface area (Å²) in [5.41, 5.74) is 6.19. The maximum atomic E-state index is 11.2. The van der Waals surface area contributed by atoms with Crippen molar-refractivity contribution in [2.45, 2.75) is 19.4 Å². The molecule has 0 aliphatic carbocycles. The Morgan fingerprint density at radius 3 is 2.62 bits per heavy atom. The molecule has 1 aromatic carbocycles. The topological polar surface area (TPSA) is 70.1 Å². The van der Waals surface area contributed by atoms with Crippen LogP contribution in [0.2, 0.25) is 0 Å². The first kappa shape index (κ1) is 12.1. The summed E-state index contributed by atoms with van der Waals surface area (Å²) in [6.45, 7) is 2.25. The molecule has 1 aromatic rings. The molecule has 1 unspecified atom stereocenters. The standard InChI is InChI=1S/C12H15N3O/c1-10(12(14)16)15(9-5-8-13)11-6-3-2-4-7-11/h2-4,6-7,10H,5,9H2,1H3,(H2,14,16). The minimum Gasteiger partial charge on any atom is -0.368 e. The molecule has 0 bridgehead atoms. The van der Waals surface area contributed by atoms with Gasteiger partial charge in [-0.3, -0.25) is 4.79 Å². The van der Waals surface area contributed by atoms with Gasteiger partial charge < -0.3 is 10.6 Å². The minimum atomic E-state index is -0.407. The fourth-order valence-electron chi connectivity index (χ4n) is 1.49. The Morgan fingerprint density at radius 2 is 2.12 bits per heavy atom. The van der Waals surface area contributed by atoms with Crippen molar-refractivity contribution in [2.24, 2.45) is 5.73 Å². The number of carbonyl (C=O) groups excluding carboxylic acids is 1. The Kier molecular flexibility index (Phi) is 4.34. The van der Waals surface area contributed by atoms with E-state index in [1.807, 2.05) is 35.2 Å². The highest BCUT2D eigenvalue weighted by Crippen LogP contribution is 2.16. The Balaban J connectivity index is 2.88. The van der Waals surface area contributed by atoms with Crippen LogP contribution in [0, 0.1) is 11.3 Å². The van der Waals surface area contributed by atoms with E-state index in [1.54, 1.807) is 6.92 Å². The van der Waals surface area contributed by atoms with Gasteiger partial charge in [-0.2, -0.15) is 5.26 Å². The lowest BCUT2D eigenvalue weighted by Gasteiger charge is -2.28. The van der Waals surface area contributed by atoms with E-state index in [1.165, 1.54) is 0 Å². The number of carbonyl (C=O) groups is 1. The van der Waals surface area contributed by atoms with Crippen LogP contribution in [-0.2, 0) is 4.79 Å². The number of anilines is 1. The molecule has 0 radical (unpaired) electrons. The molecule has 4 nitrogen and oxygen atoms in total. The lowest BCUT2D eigenvalue weighted by Crippen LogP contribution is -2.43. The zero-order valence-electron chi connectivity index (χ0n) is 9.26. The maximum absolute atomic E-state index is 11.2. The van der Waals surface area contributed by atoms with Gasteiger partial charge in [-0.15, -0.1) is 0 Å². The van der Waals surface area contributed by atoms with Crippen molar-refractivity contribution < 1.29 is 4.79 Å². The number of benzene rings is 1. The van der Waals surface area contributed by atoms with Crippen LogP contribution in [0.4, 0.5) is 5.69 Å². The van der Waals surface area contributed by atoms with Crippen LogP contribution >= 0.6 is 0 Å². The number of para-hydroxylation sites is 1. The molecule has 0 aliphatic heterocycles. The second kappa shape index (κ2) is 5.76. The molecular weight excluding hydrogens is 202 g/mol. The number of nitrogens with zero attached hydrogens (tertiary/aromatic N) is 2. The monoisotopic (exact) mass is 217 g/mol. The van der Waals surface area contributed by atoms with Gasteiger partial charge in [0.1, 0.15) is 6.04 Å². The third-order valence-electron chi connectivity index (χ3n) is 2.43. The summed E-state index contributed by atoms with van der Waals surface area (Å²) in [4.78, 5) is 13.0. The second-order valence-corrected chi connectivity index (χ2v) is 3.52. The summed E-state index contributed by atoms with van der Waals surface area (Å²) < 4.78 is 0. The Hall–Kier alpha value is -2.02. The normalized spacial score (nSPS) is 11.5. The van der Waals surface area contributed by atoms with Crippen LogP contribution in [0.3, 0.4) is 0 Å². The van der Waals surface area contributed by atoms with E-state index in [0.29, 0.717) is 13.0 Å². The van der Waals surface area contributed by atoms with Crippen molar-refractivity contribution >= 4 is 11.6 Å². The fraction of sp³-hybridized carbons (Fsp3) is 0.333. The van der Waals surface area contributed by atoms with E-state index < -0.39 is 6.04 Å². The zero-order valence-corrected chi connectivity index (χ0v) is 9.26. The molecule has 1 rings (SSSR count). The van der Waals surface area contributed by atoms with Crippen molar-refractivity contribution in [1.29, 1.82) is 5.26 Å². The number of nitrogens with two attached hydrogens (primary N) is 1. The number of nitriles is 1. The highest BCUT2D eigenvalue weighted by Gasteiger charge is 2.18. The van der Waals surface area contributed by atoms with Crippen LogP contribution < -0.4 is 10.6 Å². The van der Waals surface area contributed by atoms with Gasteiger partial charge >= 0.3 is 0 Å². The molecular formula is C12H15N3O. The van der Waals surface area contributed by atoms with Gasteiger partial charge in [0, 0.05) is 12.2 Å². The van der Waals surface area contributed by atoms with Gasteiger partial charge in [0.15, 0.2) is 0 Å².